The lowest BCUT2D eigenvalue weighted by molar-refractivity contribution is 0.251. The fourth-order valence-electron chi connectivity index (χ4n) is 3.17. The summed E-state index contributed by atoms with van der Waals surface area (Å²) in [7, 11) is -3.42. The third-order valence-electron chi connectivity index (χ3n) is 4.43. The van der Waals surface area contributed by atoms with Crippen LogP contribution in [0.25, 0.3) is 0 Å². The molecule has 2 aliphatic heterocycles. The van der Waals surface area contributed by atoms with Crippen LogP contribution in [-0.4, -0.2) is 54.8 Å². The number of nitrogens with zero attached hydrogens (tertiary/aromatic N) is 3. The molecule has 0 aliphatic carbocycles. The minimum atomic E-state index is -3.42. The van der Waals surface area contributed by atoms with Crippen molar-refractivity contribution in [3.63, 3.8) is 0 Å². The van der Waals surface area contributed by atoms with Crippen LogP contribution in [0.15, 0.2) is 23.2 Å². The predicted octanol–water partition coefficient (Wildman–Crippen LogP) is 0.399. The van der Waals surface area contributed by atoms with E-state index < -0.39 is 10.0 Å². The van der Waals surface area contributed by atoms with Crippen molar-refractivity contribution in [3.8, 4) is 0 Å². The van der Waals surface area contributed by atoms with Gasteiger partial charge in [0.25, 0.3) is 0 Å². The summed E-state index contributed by atoms with van der Waals surface area (Å²) in [5, 5.41) is 0. The summed E-state index contributed by atoms with van der Waals surface area (Å²) in [5.74, 6) is 0. The number of rotatable bonds is 4. The summed E-state index contributed by atoms with van der Waals surface area (Å²) in [6, 6.07) is 3.66. The minimum absolute atomic E-state index is 0.266. The quantitative estimate of drug-likeness (QED) is 0.871. The molecule has 116 valence electrons. The predicted molar refractivity (Wildman–Crippen MR) is 80.1 cm³/mol. The van der Waals surface area contributed by atoms with Gasteiger partial charge in [0.2, 0.25) is 10.0 Å². The largest absolute Gasteiger partial charge is 0.325 e. The molecule has 0 radical (unpaired) electrons. The van der Waals surface area contributed by atoms with E-state index in [0.717, 1.165) is 19.5 Å². The minimum Gasteiger partial charge on any atom is -0.325 e. The van der Waals surface area contributed by atoms with E-state index in [-0.39, 0.29) is 4.90 Å². The van der Waals surface area contributed by atoms with E-state index in [9.17, 15) is 8.42 Å². The monoisotopic (exact) mass is 310 g/mol. The number of pyridine rings is 1. The summed E-state index contributed by atoms with van der Waals surface area (Å²) < 4.78 is 26.9. The Morgan fingerprint density at radius 1 is 1.24 bits per heavy atom. The second-order valence-corrected chi connectivity index (χ2v) is 7.68. The Hall–Kier alpha value is -1.02. The molecule has 0 saturated carbocycles. The fourth-order valence-corrected chi connectivity index (χ4v) is 4.61. The Labute approximate surface area is 126 Å². The van der Waals surface area contributed by atoms with Gasteiger partial charge in [-0.1, -0.05) is 0 Å². The van der Waals surface area contributed by atoms with Crippen LogP contribution in [0.3, 0.4) is 0 Å². The summed E-state index contributed by atoms with van der Waals surface area (Å²) in [6.45, 7) is 3.72. The van der Waals surface area contributed by atoms with Crippen molar-refractivity contribution < 1.29 is 8.42 Å². The molecule has 0 amide bonds. The molecule has 2 fully saturated rings. The molecule has 6 nitrogen and oxygen atoms in total. The van der Waals surface area contributed by atoms with Crippen molar-refractivity contribution in [2.75, 3.05) is 26.2 Å². The van der Waals surface area contributed by atoms with E-state index >= 15 is 0 Å². The van der Waals surface area contributed by atoms with Gasteiger partial charge in [-0.25, -0.2) is 8.42 Å². The molecule has 1 aromatic heterocycles. The van der Waals surface area contributed by atoms with Crippen LogP contribution in [0.4, 0.5) is 0 Å². The lowest BCUT2D eigenvalue weighted by atomic mass is 10.2. The first-order valence-electron chi connectivity index (χ1n) is 7.50. The van der Waals surface area contributed by atoms with Crippen LogP contribution in [0.1, 0.15) is 25.0 Å². The lowest BCUT2D eigenvalue weighted by Crippen LogP contribution is -2.37. The van der Waals surface area contributed by atoms with Gasteiger partial charge in [0, 0.05) is 31.9 Å². The van der Waals surface area contributed by atoms with E-state index in [0.29, 0.717) is 31.4 Å². The number of aromatic nitrogens is 1. The second-order valence-electron chi connectivity index (χ2n) is 5.74. The third kappa shape index (κ3) is 2.96. The summed E-state index contributed by atoms with van der Waals surface area (Å²) in [6.07, 6.45) is 4.80. The Bertz CT molecular complexity index is 581. The standard InChI is InChI=1S/C14H22N4O2S/c15-9-12-3-4-14(10-16-12)21(19,20)18-8-5-13(11-18)17-6-1-2-7-17/h3-4,10,13H,1-2,5-9,11,15H2. The molecule has 1 atom stereocenters. The molecule has 0 spiro atoms. The highest BCUT2D eigenvalue weighted by atomic mass is 32.2. The first kappa shape index (κ1) is 14.9. The van der Waals surface area contributed by atoms with Crippen molar-refractivity contribution in [1.82, 2.24) is 14.2 Å². The number of hydrogen-bond acceptors (Lipinski definition) is 5. The van der Waals surface area contributed by atoms with Crippen molar-refractivity contribution in [3.05, 3.63) is 24.0 Å². The number of nitrogens with two attached hydrogens (primary N) is 1. The Kier molecular flexibility index (Phi) is 4.26. The maximum Gasteiger partial charge on any atom is 0.244 e. The zero-order chi connectivity index (χ0) is 14.9. The summed E-state index contributed by atoms with van der Waals surface area (Å²) in [4.78, 5) is 6.78. The van der Waals surface area contributed by atoms with E-state index in [2.05, 4.69) is 9.88 Å². The molecular weight excluding hydrogens is 288 g/mol. The second kappa shape index (κ2) is 6.00. The maximum atomic E-state index is 12.6. The van der Waals surface area contributed by atoms with Crippen LogP contribution >= 0.6 is 0 Å². The number of likely N-dealkylation sites (tertiary alicyclic amines) is 1. The van der Waals surface area contributed by atoms with Gasteiger partial charge in [-0.05, 0) is 44.5 Å². The molecule has 3 rings (SSSR count). The van der Waals surface area contributed by atoms with Gasteiger partial charge in [-0.15, -0.1) is 0 Å². The van der Waals surface area contributed by atoms with Crippen LogP contribution in [-0.2, 0) is 16.6 Å². The molecule has 1 unspecified atom stereocenters. The molecule has 7 heteroatoms. The number of sulfonamides is 1. The SMILES string of the molecule is NCc1ccc(S(=O)(=O)N2CCC(N3CCCC3)C2)cn1. The summed E-state index contributed by atoms with van der Waals surface area (Å²) >= 11 is 0. The van der Waals surface area contributed by atoms with Crippen molar-refractivity contribution in [2.24, 2.45) is 5.73 Å². The topological polar surface area (TPSA) is 79.5 Å². The average Bonchev–Trinajstić information content (AvgIpc) is 3.18. The average molecular weight is 310 g/mol. The molecule has 2 saturated heterocycles. The normalized spacial score (nSPS) is 24.7. The van der Waals surface area contributed by atoms with Crippen molar-refractivity contribution in [1.29, 1.82) is 0 Å². The molecule has 0 bridgehead atoms. The highest BCUT2D eigenvalue weighted by Gasteiger charge is 2.35. The van der Waals surface area contributed by atoms with Gasteiger partial charge in [0.15, 0.2) is 0 Å². The van der Waals surface area contributed by atoms with Gasteiger partial charge in [-0.3, -0.25) is 9.88 Å². The molecule has 3 heterocycles. The van der Waals surface area contributed by atoms with Crippen LogP contribution in [0, 0.1) is 0 Å². The molecule has 2 N–H and O–H groups in total. The zero-order valence-electron chi connectivity index (χ0n) is 12.1. The van der Waals surface area contributed by atoms with Gasteiger partial charge >= 0.3 is 0 Å². The van der Waals surface area contributed by atoms with Gasteiger partial charge < -0.3 is 5.73 Å². The smallest absolute Gasteiger partial charge is 0.244 e. The van der Waals surface area contributed by atoms with E-state index in [1.165, 1.54) is 19.0 Å². The van der Waals surface area contributed by atoms with Crippen LogP contribution < -0.4 is 5.73 Å². The summed E-state index contributed by atoms with van der Waals surface area (Å²) in [5.41, 5.74) is 6.19. The van der Waals surface area contributed by atoms with E-state index in [1.807, 2.05) is 0 Å². The van der Waals surface area contributed by atoms with Crippen molar-refractivity contribution >= 4 is 10.0 Å². The van der Waals surface area contributed by atoms with E-state index in [4.69, 9.17) is 5.73 Å². The highest BCUT2D eigenvalue weighted by Crippen LogP contribution is 2.25. The maximum absolute atomic E-state index is 12.6. The molecule has 21 heavy (non-hydrogen) atoms. The lowest BCUT2D eigenvalue weighted by Gasteiger charge is -2.23. The van der Waals surface area contributed by atoms with Gasteiger partial charge in [0.1, 0.15) is 4.90 Å². The van der Waals surface area contributed by atoms with Gasteiger partial charge in [-0.2, -0.15) is 4.31 Å². The van der Waals surface area contributed by atoms with Crippen molar-refractivity contribution in [2.45, 2.75) is 36.7 Å². The first-order valence-corrected chi connectivity index (χ1v) is 8.94. The third-order valence-corrected chi connectivity index (χ3v) is 6.28. The fraction of sp³-hybridized carbons (Fsp3) is 0.643. The zero-order valence-corrected chi connectivity index (χ0v) is 12.9. The van der Waals surface area contributed by atoms with Crippen LogP contribution in [0.2, 0.25) is 0 Å². The number of hydrogen-bond donors (Lipinski definition) is 1. The molecule has 2 aliphatic rings. The Balaban J connectivity index is 1.72. The van der Waals surface area contributed by atoms with Crippen LogP contribution in [0.5, 0.6) is 0 Å². The Morgan fingerprint density at radius 2 is 2.00 bits per heavy atom. The molecule has 1 aromatic rings. The van der Waals surface area contributed by atoms with E-state index in [1.54, 1.807) is 16.4 Å². The van der Waals surface area contributed by atoms with Gasteiger partial charge in [0.05, 0.1) is 5.69 Å². The molecule has 0 aromatic carbocycles. The molecular formula is C14H22N4O2S. The Morgan fingerprint density at radius 3 is 2.62 bits per heavy atom. The highest BCUT2D eigenvalue weighted by molar-refractivity contribution is 7.89. The first-order chi connectivity index (χ1) is 10.1.